The fourth-order valence-electron chi connectivity index (χ4n) is 3.34. The van der Waals surface area contributed by atoms with Crippen LogP contribution in [0.2, 0.25) is 0 Å². The van der Waals surface area contributed by atoms with Crippen LogP contribution in [0.5, 0.6) is 5.75 Å². The van der Waals surface area contributed by atoms with Gasteiger partial charge in [0.15, 0.2) is 17.2 Å². The summed E-state index contributed by atoms with van der Waals surface area (Å²) in [7, 11) is -3.66. The molecule has 158 valence electrons. The van der Waals surface area contributed by atoms with Crippen molar-refractivity contribution < 1.29 is 17.9 Å². The second kappa shape index (κ2) is 7.97. The third-order valence-electron chi connectivity index (χ3n) is 5.22. The fourth-order valence-corrected chi connectivity index (χ4v) is 3.72. The van der Waals surface area contributed by atoms with E-state index in [0.717, 1.165) is 25.9 Å². The van der Waals surface area contributed by atoms with Gasteiger partial charge in [0.25, 0.3) is 16.1 Å². The maximum absolute atomic E-state index is 12.1. The standard InChI is InChI=1S/C16H26N6O4S.ClH/c1-15(2)14(23)21-12-11(26-15)13(19-10-18-12)22-8-5-16(3,6-9-22)4-7-20-27(17,24)25;/h10,20H,4-9H2,1-3H3,(H2,17,24,25)(H,18,19,21,23);1H. The van der Waals surface area contributed by atoms with Gasteiger partial charge >= 0.3 is 0 Å². The number of carbonyl (C=O) groups is 1. The van der Waals surface area contributed by atoms with Gasteiger partial charge in [0.05, 0.1) is 0 Å². The number of halogens is 1. The number of amides is 1. The number of hydrogen-bond donors (Lipinski definition) is 3. The smallest absolute Gasteiger partial charge is 0.274 e. The zero-order chi connectivity index (χ0) is 19.9. The van der Waals surface area contributed by atoms with Crippen LogP contribution in [0.15, 0.2) is 6.33 Å². The first-order valence-corrected chi connectivity index (χ1v) is 10.4. The number of nitrogens with one attached hydrogen (secondary N) is 2. The quantitative estimate of drug-likeness (QED) is 0.622. The van der Waals surface area contributed by atoms with Gasteiger partial charge in [-0.05, 0) is 38.5 Å². The van der Waals surface area contributed by atoms with E-state index in [-0.39, 0.29) is 23.7 Å². The molecule has 2 aliphatic rings. The average Bonchev–Trinajstić information content (AvgIpc) is 2.55. The average molecular weight is 435 g/mol. The Balaban J connectivity index is 0.00000280. The number of ether oxygens (including phenoxy) is 1. The molecule has 3 heterocycles. The Kier molecular flexibility index (Phi) is 6.44. The number of aromatic nitrogens is 2. The molecule has 1 aromatic heterocycles. The molecule has 12 heteroatoms. The molecule has 0 spiro atoms. The van der Waals surface area contributed by atoms with Crippen LogP contribution >= 0.6 is 12.4 Å². The lowest BCUT2D eigenvalue weighted by atomic mass is 9.77. The fraction of sp³-hybridized carbons (Fsp3) is 0.688. The molecule has 4 N–H and O–H groups in total. The van der Waals surface area contributed by atoms with Crippen molar-refractivity contribution in [2.75, 3.05) is 29.9 Å². The van der Waals surface area contributed by atoms with Crippen molar-refractivity contribution in [1.29, 1.82) is 0 Å². The number of nitrogens with two attached hydrogens (primary N) is 1. The van der Waals surface area contributed by atoms with E-state index in [9.17, 15) is 13.2 Å². The first kappa shape index (κ1) is 22.6. The first-order valence-electron chi connectivity index (χ1n) is 8.87. The predicted molar refractivity (Wildman–Crippen MR) is 108 cm³/mol. The van der Waals surface area contributed by atoms with Crippen molar-refractivity contribution in [1.82, 2.24) is 14.7 Å². The van der Waals surface area contributed by atoms with E-state index >= 15 is 0 Å². The minimum atomic E-state index is -3.66. The summed E-state index contributed by atoms with van der Waals surface area (Å²) in [6.07, 6.45) is 3.86. The summed E-state index contributed by atoms with van der Waals surface area (Å²) < 4.78 is 30.3. The molecule has 1 amide bonds. The Labute approximate surface area is 171 Å². The molecular formula is C16H27ClN6O4S. The van der Waals surface area contributed by atoms with E-state index in [1.165, 1.54) is 6.33 Å². The van der Waals surface area contributed by atoms with Crippen LogP contribution in [-0.4, -0.2) is 49.5 Å². The molecule has 0 aliphatic carbocycles. The van der Waals surface area contributed by atoms with Crippen molar-refractivity contribution >= 4 is 40.2 Å². The summed E-state index contributed by atoms with van der Waals surface area (Å²) in [5, 5.41) is 7.75. The summed E-state index contributed by atoms with van der Waals surface area (Å²) in [6.45, 7) is 7.35. The topological polar surface area (TPSA) is 140 Å². The maximum Gasteiger partial charge on any atom is 0.274 e. The Morgan fingerprint density at radius 3 is 2.54 bits per heavy atom. The van der Waals surface area contributed by atoms with Crippen LogP contribution in [0.4, 0.5) is 11.6 Å². The van der Waals surface area contributed by atoms with E-state index in [1.54, 1.807) is 13.8 Å². The van der Waals surface area contributed by atoms with E-state index in [1.807, 2.05) is 0 Å². The van der Waals surface area contributed by atoms with Crippen LogP contribution < -0.4 is 24.8 Å². The Morgan fingerprint density at radius 2 is 1.93 bits per heavy atom. The molecule has 2 aliphatic heterocycles. The summed E-state index contributed by atoms with van der Waals surface area (Å²) in [6, 6.07) is 0. The molecule has 3 rings (SSSR count). The van der Waals surface area contributed by atoms with Gasteiger partial charge in [-0.15, -0.1) is 12.4 Å². The van der Waals surface area contributed by atoms with Crippen LogP contribution in [0.1, 0.15) is 40.0 Å². The van der Waals surface area contributed by atoms with Crippen molar-refractivity contribution in [3.05, 3.63) is 6.33 Å². The van der Waals surface area contributed by atoms with Gasteiger partial charge in [-0.25, -0.2) is 19.8 Å². The van der Waals surface area contributed by atoms with Gasteiger partial charge < -0.3 is 15.0 Å². The number of fused-ring (bicyclic) bond motifs is 1. The molecule has 0 aromatic carbocycles. The normalized spacial score (nSPS) is 20.4. The van der Waals surface area contributed by atoms with Crippen molar-refractivity contribution in [3.63, 3.8) is 0 Å². The lowest BCUT2D eigenvalue weighted by Gasteiger charge is -2.41. The lowest BCUT2D eigenvalue weighted by molar-refractivity contribution is -0.129. The predicted octanol–water partition coefficient (Wildman–Crippen LogP) is 0.798. The van der Waals surface area contributed by atoms with Crippen LogP contribution in [0.25, 0.3) is 0 Å². The van der Waals surface area contributed by atoms with Gasteiger partial charge in [0, 0.05) is 19.6 Å². The molecule has 0 radical (unpaired) electrons. The monoisotopic (exact) mass is 434 g/mol. The molecular weight excluding hydrogens is 408 g/mol. The second-order valence-corrected chi connectivity index (χ2v) is 9.31. The highest BCUT2D eigenvalue weighted by molar-refractivity contribution is 7.87. The third kappa shape index (κ3) is 5.02. The Morgan fingerprint density at radius 1 is 1.29 bits per heavy atom. The van der Waals surface area contributed by atoms with E-state index in [4.69, 9.17) is 9.88 Å². The van der Waals surface area contributed by atoms with Gasteiger partial charge in [-0.1, -0.05) is 6.92 Å². The van der Waals surface area contributed by atoms with E-state index in [2.05, 4.69) is 31.8 Å². The van der Waals surface area contributed by atoms with Gasteiger partial charge in [-0.2, -0.15) is 8.42 Å². The highest BCUT2D eigenvalue weighted by atomic mass is 35.5. The third-order valence-corrected chi connectivity index (χ3v) is 5.83. The van der Waals surface area contributed by atoms with Gasteiger partial charge in [0.2, 0.25) is 5.75 Å². The molecule has 0 saturated carbocycles. The Bertz CT molecular complexity index is 840. The lowest BCUT2D eigenvalue weighted by Crippen LogP contribution is -2.47. The molecule has 28 heavy (non-hydrogen) atoms. The van der Waals surface area contributed by atoms with Crippen LogP contribution in [0.3, 0.4) is 0 Å². The number of piperidine rings is 1. The maximum atomic E-state index is 12.1. The second-order valence-electron chi connectivity index (χ2n) is 7.93. The van der Waals surface area contributed by atoms with Crippen molar-refractivity contribution in [2.24, 2.45) is 10.6 Å². The zero-order valence-electron chi connectivity index (χ0n) is 16.2. The molecule has 1 saturated heterocycles. The number of nitrogens with zero attached hydrogens (tertiary/aromatic N) is 3. The highest BCUT2D eigenvalue weighted by Crippen LogP contribution is 2.42. The summed E-state index contributed by atoms with van der Waals surface area (Å²) in [5.41, 5.74) is -0.980. The van der Waals surface area contributed by atoms with Gasteiger partial charge in [0.1, 0.15) is 6.33 Å². The minimum absolute atomic E-state index is 0. The number of carbonyl (C=O) groups excluding carboxylic acids is 1. The van der Waals surface area contributed by atoms with Crippen LogP contribution in [-0.2, 0) is 15.0 Å². The molecule has 0 unspecified atom stereocenters. The summed E-state index contributed by atoms with van der Waals surface area (Å²) >= 11 is 0. The molecule has 10 nitrogen and oxygen atoms in total. The van der Waals surface area contributed by atoms with E-state index in [0.29, 0.717) is 30.4 Å². The summed E-state index contributed by atoms with van der Waals surface area (Å²) in [4.78, 5) is 22.7. The highest BCUT2D eigenvalue weighted by Gasteiger charge is 2.39. The minimum Gasteiger partial charge on any atom is -0.470 e. The number of anilines is 2. The largest absolute Gasteiger partial charge is 0.470 e. The van der Waals surface area contributed by atoms with Crippen molar-refractivity contribution in [3.8, 4) is 5.75 Å². The zero-order valence-corrected chi connectivity index (χ0v) is 17.8. The van der Waals surface area contributed by atoms with E-state index < -0.39 is 15.8 Å². The molecule has 0 bridgehead atoms. The Hall–Kier alpha value is -1.69. The molecule has 0 atom stereocenters. The van der Waals surface area contributed by atoms with Gasteiger partial charge in [-0.3, -0.25) is 4.79 Å². The SMILES string of the molecule is CC1(CCNS(N)(=O)=O)CCN(c2ncnc3c2OC(C)(C)C(=O)N3)CC1.Cl. The number of hydrogen-bond acceptors (Lipinski definition) is 7. The molecule has 1 aromatic rings. The van der Waals surface area contributed by atoms with Crippen molar-refractivity contribution in [2.45, 2.75) is 45.6 Å². The number of rotatable bonds is 5. The summed E-state index contributed by atoms with van der Waals surface area (Å²) in [5.74, 6) is 1.29. The van der Waals surface area contributed by atoms with Crippen LogP contribution in [0, 0.1) is 5.41 Å². The first-order chi connectivity index (χ1) is 12.5. The molecule has 1 fully saturated rings.